The smallest absolute Gasteiger partial charge is 0.393 e. The number of carboxylic acids is 1. The van der Waals surface area contributed by atoms with Crippen LogP contribution in [0, 0.1) is 11.8 Å². The van der Waals surface area contributed by atoms with Crippen LogP contribution in [-0.2, 0) is 16.1 Å². The van der Waals surface area contributed by atoms with Gasteiger partial charge in [-0.15, -0.1) is 12.4 Å². The molecule has 0 saturated carbocycles. The number of carbonyl (C=O) groups is 2. The first kappa shape index (κ1) is 20.2. The lowest BCUT2D eigenvalue weighted by Crippen LogP contribution is -2.36. The van der Waals surface area contributed by atoms with E-state index in [0.717, 1.165) is 5.56 Å². The van der Waals surface area contributed by atoms with Gasteiger partial charge in [0.25, 0.3) is 0 Å². The molecule has 0 bridgehead atoms. The highest BCUT2D eigenvalue weighted by molar-refractivity contribution is 5.85. The van der Waals surface area contributed by atoms with E-state index in [4.69, 9.17) is 5.11 Å². The summed E-state index contributed by atoms with van der Waals surface area (Å²) in [4.78, 5) is 24.0. The summed E-state index contributed by atoms with van der Waals surface area (Å²) in [7, 11) is 0. The van der Waals surface area contributed by atoms with Gasteiger partial charge in [0.1, 0.15) is 0 Å². The Hall–Kier alpha value is -1.80. The van der Waals surface area contributed by atoms with Gasteiger partial charge in [-0.3, -0.25) is 14.5 Å². The van der Waals surface area contributed by atoms with Crippen LogP contribution in [0.1, 0.15) is 5.56 Å². The SMILES string of the molecule is Cl.O=C(CN1C[C@@H](C(F)(F)F)[C@H](C(=O)O)C1)NCc1ccccc1. The molecule has 1 aromatic carbocycles. The molecule has 9 heteroatoms. The van der Waals surface area contributed by atoms with E-state index < -0.39 is 36.4 Å². The predicted octanol–water partition coefficient (Wildman–Crippen LogP) is 1.92. The number of carbonyl (C=O) groups excluding carboxylic acids is 1. The fourth-order valence-electron chi connectivity index (χ4n) is 2.65. The second-order valence-corrected chi connectivity index (χ2v) is 5.55. The normalized spacial score (nSPS) is 21.1. The van der Waals surface area contributed by atoms with Gasteiger partial charge in [0.15, 0.2) is 0 Å². The highest BCUT2D eigenvalue weighted by Crippen LogP contribution is 2.37. The van der Waals surface area contributed by atoms with Gasteiger partial charge in [-0.2, -0.15) is 13.2 Å². The zero-order valence-electron chi connectivity index (χ0n) is 12.6. The number of amides is 1. The van der Waals surface area contributed by atoms with Crippen molar-refractivity contribution in [2.45, 2.75) is 12.7 Å². The third-order valence-corrected chi connectivity index (χ3v) is 3.83. The summed E-state index contributed by atoms with van der Waals surface area (Å²) < 4.78 is 38.6. The Labute approximate surface area is 143 Å². The minimum atomic E-state index is -4.58. The molecule has 1 aromatic rings. The van der Waals surface area contributed by atoms with Crippen LogP contribution in [0.3, 0.4) is 0 Å². The van der Waals surface area contributed by atoms with Gasteiger partial charge in [-0.05, 0) is 5.56 Å². The third kappa shape index (κ3) is 5.38. The molecule has 2 N–H and O–H groups in total. The molecule has 1 aliphatic rings. The zero-order chi connectivity index (χ0) is 17.0. The van der Waals surface area contributed by atoms with Crippen LogP contribution < -0.4 is 5.32 Å². The second kappa shape index (κ2) is 8.34. The molecule has 0 aromatic heterocycles. The van der Waals surface area contributed by atoms with Crippen LogP contribution in [0.4, 0.5) is 13.2 Å². The summed E-state index contributed by atoms with van der Waals surface area (Å²) in [5, 5.41) is 11.5. The number of rotatable bonds is 5. The van der Waals surface area contributed by atoms with Crippen molar-refractivity contribution in [1.29, 1.82) is 0 Å². The number of carboxylic acid groups (broad SMARTS) is 1. The molecule has 134 valence electrons. The van der Waals surface area contributed by atoms with E-state index in [-0.39, 0.29) is 32.0 Å². The van der Waals surface area contributed by atoms with E-state index in [1.165, 1.54) is 4.90 Å². The molecule has 0 radical (unpaired) electrons. The predicted molar refractivity (Wildman–Crippen MR) is 82.6 cm³/mol. The number of benzene rings is 1. The molecule has 2 rings (SSSR count). The summed E-state index contributed by atoms with van der Waals surface area (Å²) in [6, 6.07) is 9.09. The van der Waals surface area contributed by atoms with Crippen molar-refractivity contribution >= 4 is 24.3 Å². The van der Waals surface area contributed by atoms with Crippen molar-refractivity contribution in [1.82, 2.24) is 10.2 Å². The van der Waals surface area contributed by atoms with Crippen LogP contribution in [0.2, 0.25) is 0 Å². The average molecular weight is 367 g/mol. The van der Waals surface area contributed by atoms with E-state index in [2.05, 4.69) is 5.32 Å². The Morgan fingerprint density at radius 3 is 2.33 bits per heavy atom. The number of nitrogens with one attached hydrogen (secondary N) is 1. The van der Waals surface area contributed by atoms with Crippen molar-refractivity contribution in [2.75, 3.05) is 19.6 Å². The maximum absolute atomic E-state index is 12.9. The van der Waals surface area contributed by atoms with E-state index in [1.807, 2.05) is 30.3 Å². The van der Waals surface area contributed by atoms with Crippen molar-refractivity contribution < 1.29 is 27.9 Å². The molecule has 0 unspecified atom stereocenters. The topological polar surface area (TPSA) is 69.6 Å². The molecule has 1 heterocycles. The minimum absolute atomic E-state index is 0. The number of aliphatic carboxylic acids is 1. The van der Waals surface area contributed by atoms with Gasteiger partial charge in [0, 0.05) is 19.6 Å². The summed E-state index contributed by atoms with van der Waals surface area (Å²) in [5.41, 5.74) is 0.874. The number of hydrogen-bond acceptors (Lipinski definition) is 3. The first-order chi connectivity index (χ1) is 10.8. The molecule has 5 nitrogen and oxygen atoms in total. The lowest BCUT2D eigenvalue weighted by atomic mass is 9.96. The number of hydrogen-bond donors (Lipinski definition) is 2. The van der Waals surface area contributed by atoms with E-state index in [0.29, 0.717) is 0 Å². The lowest BCUT2D eigenvalue weighted by Gasteiger charge is -2.18. The number of halogens is 4. The fraction of sp³-hybridized carbons (Fsp3) is 0.467. The van der Waals surface area contributed by atoms with E-state index >= 15 is 0 Å². The molecule has 0 aliphatic carbocycles. The van der Waals surface area contributed by atoms with Crippen molar-refractivity contribution in [3.05, 3.63) is 35.9 Å². The van der Waals surface area contributed by atoms with Gasteiger partial charge in [0.2, 0.25) is 5.91 Å². The number of alkyl halides is 3. The standard InChI is InChI=1S/C15H17F3N2O3.ClH/c16-15(17,18)12-8-20(7-11(12)14(22)23)9-13(21)19-6-10-4-2-1-3-5-10;/h1-5,11-12H,6-9H2,(H,19,21)(H,22,23);1H/t11-,12-;/m1./s1. The van der Waals surface area contributed by atoms with Crippen molar-refractivity contribution in [3.8, 4) is 0 Å². The van der Waals surface area contributed by atoms with Crippen LogP contribution in [0.5, 0.6) is 0 Å². The largest absolute Gasteiger partial charge is 0.481 e. The molecular formula is C15H18ClF3N2O3. The third-order valence-electron chi connectivity index (χ3n) is 3.83. The van der Waals surface area contributed by atoms with E-state index in [9.17, 15) is 22.8 Å². The van der Waals surface area contributed by atoms with Crippen molar-refractivity contribution in [2.24, 2.45) is 11.8 Å². The Kier molecular flexibility index (Phi) is 7.04. The summed E-state index contributed by atoms with van der Waals surface area (Å²) >= 11 is 0. The van der Waals surface area contributed by atoms with Gasteiger partial charge in [-0.25, -0.2) is 0 Å². The quantitative estimate of drug-likeness (QED) is 0.835. The van der Waals surface area contributed by atoms with Crippen molar-refractivity contribution in [3.63, 3.8) is 0 Å². The van der Waals surface area contributed by atoms with Gasteiger partial charge >= 0.3 is 12.1 Å². The highest BCUT2D eigenvalue weighted by atomic mass is 35.5. The monoisotopic (exact) mass is 366 g/mol. The molecule has 1 fully saturated rings. The minimum Gasteiger partial charge on any atom is -0.481 e. The van der Waals surface area contributed by atoms with E-state index in [1.54, 1.807) is 0 Å². The molecule has 0 spiro atoms. The molecule has 24 heavy (non-hydrogen) atoms. The Balaban J connectivity index is 0.00000288. The lowest BCUT2D eigenvalue weighted by molar-refractivity contribution is -0.188. The fourth-order valence-corrected chi connectivity index (χ4v) is 2.65. The van der Waals surface area contributed by atoms with Crippen LogP contribution in [0.15, 0.2) is 30.3 Å². The number of likely N-dealkylation sites (tertiary alicyclic amines) is 1. The van der Waals surface area contributed by atoms with Gasteiger partial charge < -0.3 is 10.4 Å². The average Bonchev–Trinajstić information content (AvgIpc) is 2.90. The molecule has 1 aliphatic heterocycles. The first-order valence-corrected chi connectivity index (χ1v) is 7.10. The number of nitrogens with zero attached hydrogens (tertiary/aromatic N) is 1. The molecular weight excluding hydrogens is 349 g/mol. The Morgan fingerprint density at radius 2 is 1.83 bits per heavy atom. The van der Waals surface area contributed by atoms with Crippen LogP contribution >= 0.6 is 12.4 Å². The second-order valence-electron chi connectivity index (χ2n) is 5.55. The zero-order valence-corrected chi connectivity index (χ0v) is 13.4. The highest BCUT2D eigenvalue weighted by Gasteiger charge is 2.52. The summed E-state index contributed by atoms with van der Waals surface area (Å²) in [6.07, 6.45) is -4.58. The summed E-state index contributed by atoms with van der Waals surface area (Å²) in [5.74, 6) is -5.39. The Morgan fingerprint density at radius 1 is 1.21 bits per heavy atom. The Bertz CT molecular complexity index is 569. The van der Waals surface area contributed by atoms with Gasteiger partial charge in [-0.1, -0.05) is 30.3 Å². The van der Waals surface area contributed by atoms with Gasteiger partial charge in [0.05, 0.1) is 18.4 Å². The maximum atomic E-state index is 12.9. The molecule has 1 amide bonds. The molecule has 1 saturated heterocycles. The maximum Gasteiger partial charge on any atom is 0.393 e. The first-order valence-electron chi connectivity index (χ1n) is 7.10. The molecule has 2 atom stereocenters. The van der Waals surface area contributed by atoms with Crippen LogP contribution in [-0.4, -0.2) is 47.7 Å². The van der Waals surface area contributed by atoms with Crippen LogP contribution in [0.25, 0.3) is 0 Å². The summed E-state index contributed by atoms with van der Waals surface area (Å²) in [6.45, 7) is -0.723.